The molecule has 0 saturated carbocycles. The minimum Gasteiger partial charge on any atom is -0.394 e. The van der Waals surface area contributed by atoms with Crippen LogP contribution in [0.4, 0.5) is 4.39 Å². The van der Waals surface area contributed by atoms with Crippen LogP contribution in [-0.2, 0) is 11.2 Å². The molecule has 0 aliphatic carbocycles. The molecule has 9 heteroatoms. The highest BCUT2D eigenvalue weighted by molar-refractivity contribution is 5.99. The van der Waals surface area contributed by atoms with Gasteiger partial charge in [0.2, 0.25) is 5.91 Å². The van der Waals surface area contributed by atoms with E-state index in [1.165, 1.54) is 17.7 Å². The summed E-state index contributed by atoms with van der Waals surface area (Å²) in [5.41, 5.74) is 4.17. The van der Waals surface area contributed by atoms with Gasteiger partial charge in [-0.3, -0.25) is 14.6 Å². The number of piperidine rings is 1. The third kappa shape index (κ3) is 6.13. The molecular weight excluding hydrogens is 557 g/mol. The molecule has 3 saturated heterocycles. The maximum absolute atomic E-state index is 14.6. The lowest BCUT2D eigenvalue weighted by Gasteiger charge is -2.34. The third-order valence-electron chi connectivity index (χ3n) is 10.1. The van der Waals surface area contributed by atoms with Gasteiger partial charge in [0.05, 0.1) is 35.6 Å². The summed E-state index contributed by atoms with van der Waals surface area (Å²) in [6, 6.07) is 4.19. The van der Waals surface area contributed by atoms with Gasteiger partial charge in [-0.15, -0.1) is 0 Å². The van der Waals surface area contributed by atoms with E-state index >= 15 is 0 Å². The molecule has 0 radical (unpaired) electrons. The van der Waals surface area contributed by atoms with Gasteiger partial charge in [-0.2, -0.15) is 0 Å². The van der Waals surface area contributed by atoms with E-state index in [9.17, 15) is 19.1 Å². The fraction of sp³-hybridized carbons (Fsp3) is 0.571. The van der Waals surface area contributed by atoms with Crippen molar-refractivity contribution in [3.8, 4) is 5.69 Å². The second-order valence-corrected chi connectivity index (χ2v) is 13.6. The summed E-state index contributed by atoms with van der Waals surface area (Å²) in [5, 5.41) is 11.0. The third-order valence-corrected chi connectivity index (χ3v) is 10.1. The number of carbonyl (C=O) groups excluding carboxylic acids is 2. The molecule has 2 atom stereocenters. The number of aromatic nitrogens is 2. The summed E-state index contributed by atoms with van der Waals surface area (Å²) >= 11 is 0. The summed E-state index contributed by atoms with van der Waals surface area (Å²) in [5.74, 6) is 0.799. The molecule has 1 N–H and O–H groups in total. The van der Waals surface area contributed by atoms with Gasteiger partial charge in [-0.05, 0) is 93.2 Å². The fourth-order valence-corrected chi connectivity index (χ4v) is 7.75. The summed E-state index contributed by atoms with van der Waals surface area (Å²) in [4.78, 5) is 36.9. The van der Waals surface area contributed by atoms with E-state index in [1.54, 1.807) is 11.0 Å². The normalized spacial score (nSPS) is 21.7. The lowest BCUT2D eigenvalue weighted by atomic mass is 9.95. The number of aliphatic hydroxyl groups excluding tert-OH is 1. The minimum atomic E-state index is -0.453. The lowest BCUT2D eigenvalue weighted by molar-refractivity contribution is -0.135. The van der Waals surface area contributed by atoms with Crippen LogP contribution >= 0.6 is 0 Å². The first-order valence-corrected chi connectivity index (χ1v) is 16.4. The molecule has 5 heterocycles. The summed E-state index contributed by atoms with van der Waals surface area (Å²) in [7, 11) is 0. The highest BCUT2D eigenvalue weighted by Gasteiger charge is 2.32. The number of aryl methyl sites for hydroxylation is 1. The number of carbonyl (C=O) groups is 2. The number of benzene rings is 1. The van der Waals surface area contributed by atoms with Crippen LogP contribution in [-0.4, -0.2) is 93.1 Å². The number of pyridine rings is 1. The Hall–Kier alpha value is -3.30. The van der Waals surface area contributed by atoms with Gasteiger partial charge < -0.3 is 24.4 Å². The first-order valence-electron chi connectivity index (χ1n) is 16.4. The van der Waals surface area contributed by atoms with Crippen molar-refractivity contribution in [3.63, 3.8) is 0 Å². The average Bonchev–Trinajstić information content (AvgIpc) is 3.76. The van der Waals surface area contributed by atoms with Crippen molar-refractivity contribution >= 4 is 22.7 Å². The zero-order valence-electron chi connectivity index (χ0n) is 26.3. The fourth-order valence-electron chi connectivity index (χ4n) is 7.75. The first-order chi connectivity index (χ1) is 21.2. The number of rotatable bonds is 8. The molecule has 2 amide bonds. The maximum atomic E-state index is 14.6. The topological polar surface area (TPSA) is 81.9 Å². The summed E-state index contributed by atoms with van der Waals surface area (Å²) in [6.45, 7) is 11.5. The summed E-state index contributed by atoms with van der Waals surface area (Å²) in [6.07, 6.45) is 11.7. The van der Waals surface area contributed by atoms with E-state index in [0.717, 1.165) is 87.7 Å². The molecule has 6 rings (SSSR count). The molecule has 0 bridgehead atoms. The Morgan fingerprint density at radius 2 is 1.82 bits per heavy atom. The zero-order chi connectivity index (χ0) is 31.0. The Balaban J connectivity index is 1.20. The van der Waals surface area contributed by atoms with Gasteiger partial charge in [0.15, 0.2) is 0 Å². The van der Waals surface area contributed by atoms with Gasteiger partial charge in [0.1, 0.15) is 5.82 Å². The molecule has 3 aliphatic heterocycles. The van der Waals surface area contributed by atoms with Crippen molar-refractivity contribution < 1.29 is 19.1 Å². The van der Waals surface area contributed by atoms with E-state index in [2.05, 4.69) is 23.0 Å². The molecular formula is C35H46FN5O3. The monoisotopic (exact) mass is 603 g/mol. The van der Waals surface area contributed by atoms with E-state index in [0.29, 0.717) is 29.6 Å². The van der Waals surface area contributed by atoms with Crippen molar-refractivity contribution in [2.75, 3.05) is 45.9 Å². The number of hydrogen-bond donors (Lipinski definition) is 1. The molecule has 2 aromatic heterocycles. The SMILES string of the molecule is Cc1cncc2c1c(C[C@@H]1CCN(CC3CCN(C(=O)C(C)C)CC3)C1)cn2-c1ccc(F)cc1C(=O)N1CCC[C@H]1CO. The van der Waals surface area contributed by atoms with Crippen LogP contribution in [0.1, 0.15) is 67.4 Å². The standard InChI is InChI=1S/C35H46FN5O3/c1-23(2)34(43)39-13-9-25(10-14-39)19-38-12-8-26(20-38)15-27-21-41(32-18-37-17-24(3)33(27)32)31-7-6-28(36)16-30(31)35(44)40-11-4-5-29(40)22-42/h6-7,16-18,21,23,25-26,29,42H,4-5,8-15,19-20,22H2,1-3H3/t26-,29-/m0/s1. The zero-order valence-corrected chi connectivity index (χ0v) is 26.3. The van der Waals surface area contributed by atoms with Crippen molar-refractivity contribution in [2.24, 2.45) is 17.8 Å². The molecule has 236 valence electrons. The molecule has 1 aromatic carbocycles. The second kappa shape index (κ2) is 13.0. The Bertz CT molecular complexity index is 1510. The molecule has 3 fully saturated rings. The van der Waals surface area contributed by atoms with Crippen LogP contribution in [0.15, 0.2) is 36.8 Å². The number of nitrogens with zero attached hydrogens (tertiary/aromatic N) is 5. The quantitative estimate of drug-likeness (QED) is 0.399. The second-order valence-electron chi connectivity index (χ2n) is 13.6. The van der Waals surface area contributed by atoms with E-state index in [-0.39, 0.29) is 30.4 Å². The van der Waals surface area contributed by atoms with Gasteiger partial charge in [-0.25, -0.2) is 4.39 Å². The highest BCUT2D eigenvalue weighted by atomic mass is 19.1. The number of aliphatic hydroxyl groups is 1. The van der Waals surface area contributed by atoms with Crippen molar-refractivity contribution in [1.29, 1.82) is 0 Å². The Labute approximate surface area is 259 Å². The predicted octanol–water partition coefficient (Wildman–Crippen LogP) is 4.83. The van der Waals surface area contributed by atoms with Gasteiger partial charge in [0, 0.05) is 56.4 Å². The minimum absolute atomic E-state index is 0.0649. The van der Waals surface area contributed by atoms with Crippen molar-refractivity contribution in [1.82, 2.24) is 24.3 Å². The van der Waals surface area contributed by atoms with Crippen molar-refractivity contribution in [3.05, 3.63) is 59.3 Å². The van der Waals surface area contributed by atoms with Crippen LogP contribution in [0.3, 0.4) is 0 Å². The Morgan fingerprint density at radius 3 is 2.57 bits per heavy atom. The van der Waals surface area contributed by atoms with Gasteiger partial charge in [-0.1, -0.05) is 13.8 Å². The Kier molecular flexibility index (Phi) is 9.06. The summed E-state index contributed by atoms with van der Waals surface area (Å²) < 4.78 is 16.6. The first kappa shape index (κ1) is 30.7. The number of hydrogen-bond acceptors (Lipinski definition) is 5. The average molecular weight is 604 g/mol. The highest BCUT2D eigenvalue weighted by Crippen LogP contribution is 2.34. The van der Waals surface area contributed by atoms with E-state index in [1.807, 2.05) is 35.7 Å². The number of amides is 2. The molecule has 0 spiro atoms. The molecule has 44 heavy (non-hydrogen) atoms. The van der Waals surface area contributed by atoms with E-state index < -0.39 is 5.82 Å². The molecule has 8 nitrogen and oxygen atoms in total. The maximum Gasteiger partial charge on any atom is 0.256 e. The number of fused-ring (bicyclic) bond motifs is 1. The number of likely N-dealkylation sites (tertiary alicyclic amines) is 3. The molecule has 3 aromatic rings. The van der Waals surface area contributed by atoms with Crippen LogP contribution in [0, 0.1) is 30.5 Å². The van der Waals surface area contributed by atoms with Crippen LogP contribution in [0.25, 0.3) is 16.6 Å². The van der Waals surface area contributed by atoms with Crippen LogP contribution in [0.2, 0.25) is 0 Å². The smallest absolute Gasteiger partial charge is 0.256 e. The predicted molar refractivity (Wildman–Crippen MR) is 169 cm³/mol. The van der Waals surface area contributed by atoms with Crippen LogP contribution in [0.5, 0.6) is 0 Å². The van der Waals surface area contributed by atoms with E-state index in [4.69, 9.17) is 0 Å². The lowest BCUT2D eigenvalue weighted by Crippen LogP contribution is -2.42. The number of halogens is 1. The van der Waals surface area contributed by atoms with Crippen LogP contribution < -0.4 is 0 Å². The van der Waals surface area contributed by atoms with Crippen molar-refractivity contribution in [2.45, 2.75) is 65.3 Å². The van der Waals surface area contributed by atoms with Gasteiger partial charge in [0.25, 0.3) is 5.91 Å². The van der Waals surface area contributed by atoms with Gasteiger partial charge >= 0.3 is 0 Å². The molecule has 0 unspecified atom stereocenters. The molecule has 3 aliphatic rings. The Morgan fingerprint density at radius 1 is 1.05 bits per heavy atom. The largest absolute Gasteiger partial charge is 0.394 e.